The summed E-state index contributed by atoms with van der Waals surface area (Å²) in [5.41, 5.74) is 6.90. The first-order valence-electron chi connectivity index (χ1n) is 13.8. The van der Waals surface area contributed by atoms with Crippen LogP contribution in [0.1, 0.15) is 62.9 Å². The van der Waals surface area contributed by atoms with Crippen LogP contribution in [-0.4, -0.2) is 58.6 Å². The Morgan fingerprint density at radius 3 is 2.05 bits per heavy atom. The number of amides is 4. The number of likely N-dealkylation sites (tertiary alicyclic amines) is 1. The van der Waals surface area contributed by atoms with Crippen LogP contribution in [0.25, 0.3) is 0 Å². The molecule has 2 saturated heterocycles. The van der Waals surface area contributed by atoms with Crippen LogP contribution in [-0.2, 0) is 20.9 Å². The monoisotopic (exact) mass is 530 g/mol. The molecule has 0 bridgehead atoms. The van der Waals surface area contributed by atoms with E-state index in [1.807, 2.05) is 18.2 Å². The van der Waals surface area contributed by atoms with Crippen molar-refractivity contribution in [2.24, 2.45) is 22.5 Å². The molecule has 8 nitrogen and oxygen atoms in total. The van der Waals surface area contributed by atoms with E-state index < -0.39 is 11.9 Å². The smallest absolute Gasteiger partial charge is 0.257 e. The van der Waals surface area contributed by atoms with E-state index >= 15 is 0 Å². The molecule has 2 aromatic rings. The van der Waals surface area contributed by atoms with E-state index in [0.717, 1.165) is 37.4 Å². The molecule has 39 heavy (non-hydrogen) atoms. The zero-order valence-corrected chi connectivity index (χ0v) is 23.2. The standard InChI is InChI=1S/C31H38N4O4/c1-30(2)26(31(30,3)4)29(39)34(23-14-16-33(17-15-23)19-20-8-6-5-7-9-20)24-18-25(36)35(28(24)38)22-12-10-21(11-13-22)27(32)37/h5-13,23-24,26H,14-19H2,1-4H3,(H2,32,37). The first-order valence-corrected chi connectivity index (χ1v) is 13.8. The number of primary amides is 1. The summed E-state index contributed by atoms with van der Waals surface area (Å²) in [5.74, 6) is -1.54. The Balaban J connectivity index is 1.38. The van der Waals surface area contributed by atoms with Crippen LogP contribution in [0.3, 0.4) is 0 Å². The molecule has 4 amide bonds. The van der Waals surface area contributed by atoms with E-state index in [1.165, 1.54) is 17.7 Å². The number of carbonyl (C=O) groups excluding carboxylic acids is 4. The molecule has 1 unspecified atom stereocenters. The summed E-state index contributed by atoms with van der Waals surface area (Å²) in [4.78, 5) is 58.0. The second-order valence-corrected chi connectivity index (χ2v) is 12.3. The van der Waals surface area contributed by atoms with Crippen molar-refractivity contribution < 1.29 is 19.2 Å². The number of piperidine rings is 1. The van der Waals surface area contributed by atoms with E-state index in [2.05, 4.69) is 44.7 Å². The van der Waals surface area contributed by atoms with Crippen molar-refractivity contribution in [1.82, 2.24) is 9.80 Å². The SMILES string of the molecule is CC1(C)C(C(=O)N(C2CCN(Cc3ccccc3)CC2)C2CC(=O)N(c3ccc(C(N)=O)cc3)C2=O)C1(C)C. The lowest BCUT2D eigenvalue weighted by Crippen LogP contribution is -2.55. The maximum atomic E-state index is 14.2. The number of hydrogen-bond donors (Lipinski definition) is 1. The van der Waals surface area contributed by atoms with Gasteiger partial charge in [-0.05, 0) is 53.5 Å². The van der Waals surface area contributed by atoms with Gasteiger partial charge in [-0.15, -0.1) is 0 Å². The lowest BCUT2D eigenvalue weighted by molar-refractivity contribution is -0.144. The van der Waals surface area contributed by atoms with Gasteiger partial charge in [-0.2, -0.15) is 0 Å². The summed E-state index contributed by atoms with van der Waals surface area (Å²) < 4.78 is 0. The Bertz CT molecular complexity index is 1270. The van der Waals surface area contributed by atoms with Crippen LogP contribution in [0.2, 0.25) is 0 Å². The molecule has 2 N–H and O–H groups in total. The molecule has 2 aromatic carbocycles. The molecule has 0 radical (unpaired) electrons. The topological polar surface area (TPSA) is 104 Å². The first kappa shape index (κ1) is 27.1. The fourth-order valence-electron chi connectivity index (χ4n) is 6.63. The van der Waals surface area contributed by atoms with Gasteiger partial charge in [-0.25, -0.2) is 4.90 Å². The second kappa shape index (κ2) is 9.90. The summed E-state index contributed by atoms with van der Waals surface area (Å²) in [7, 11) is 0. The minimum absolute atomic E-state index is 0.0245. The molecular weight excluding hydrogens is 492 g/mol. The van der Waals surface area contributed by atoms with Gasteiger partial charge in [0.1, 0.15) is 6.04 Å². The van der Waals surface area contributed by atoms with Crippen molar-refractivity contribution in [1.29, 1.82) is 0 Å². The molecule has 3 aliphatic rings. The van der Waals surface area contributed by atoms with Gasteiger partial charge in [0.2, 0.25) is 17.7 Å². The molecule has 5 rings (SSSR count). The minimum atomic E-state index is -0.835. The Hall–Kier alpha value is -3.52. The molecule has 3 fully saturated rings. The first-order chi connectivity index (χ1) is 18.4. The van der Waals surface area contributed by atoms with Crippen LogP contribution in [0, 0.1) is 16.7 Å². The van der Waals surface area contributed by atoms with Crippen LogP contribution in [0.5, 0.6) is 0 Å². The summed E-state index contributed by atoms with van der Waals surface area (Å²) in [6, 6.07) is 15.5. The van der Waals surface area contributed by atoms with Gasteiger partial charge in [-0.1, -0.05) is 58.0 Å². The average molecular weight is 531 g/mol. The summed E-state index contributed by atoms with van der Waals surface area (Å²) in [6.07, 6.45) is 1.45. The van der Waals surface area contributed by atoms with Crippen molar-refractivity contribution in [3.63, 3.8) is 0 Å². The van der Waals surface area contributed by atoms with Gasteiger partial charge < -0.3 is 10.6 Å². The van der Waals surface area contributed by atoms with Crippen molar-refractivity contribution in [2.45, 2.75) is 65.6 Å². The van der Waals surface area contributed by atoms with E-state index in [0.29, 0.717) is 11.3 Å². The quantitative estimate of drug-likeness (QED) is 0.551. The Labute approximate surface area is 230 Å². The normalized spacial score (nSPS) is 23.2. The van der Waals surface area contributed by atoms with Gasteiger partial charge in [0, 0.05) is 37.2 Å². The van der Waals surface area contributed by atoms with Crippen LogP contribution in [0.15, 0.2) is 54.6 Å². The van der Waals surface area contributed by atoms with Crippen LogP contribution < -0.4 is 10.6 Å². The number of carbonyl (C=O) groups is 4. The highest BCUT2D eigenvalue weighted by Gasteiger charge is 2.69. The molecule has 2 aliphatic heterocycles. The molecule has 8 heteroatoms. The number of anilines is 1. The molecule has 0 spiro atoms. The van der Waals surface area contributed by atoms with Crippen molar-refractivity contribution in [2.75, 3.05) is 18.0 Å². The van der Waals surface area contributed by atoms with E-state index in [-0.39, 0.29) is 46.9 Å². The zero-order valence-electron chi connectivity index (χ0n) is 23.2. The lowest BCUT2D eigenvalue weighted by atomic mass is 9.97. The number of hydrogen-bond acceptors (Lipinski definition) is 5. The molecule has 1 saturated carbocycles. The highest BCUT2D eigenvalue weighted by atomic mass is 16.2. The van der Waals surface area contributed by atoms with Crippen LogP contribution >= 0.6 is 0 Å². The lowest BCUT2D eigenvalue weighted by Gasteiger charge is -2.41. The number of nitrogens with zero attached hydrogens (tertiary/aromatic N) is 3. The number of imide groups is 1. The fourth-order valence-corrected chi connectivity index (χ4v) is 6.63. The Morgan fingerprint density at radius 2 is 1.51 bits per heavy atom. The van der Waals surface area contributed by atoms with Gasteiger partial charge in [-0.3, -0.25) is 24.1 Å². The summed E-state index contributed by atoms with van der Waals surface area (Å²) >= 11 is 0. The molecule has 1 aliphatic carbocycles. The maximum absolute atomic E-state index is 14.2. The Morgan fingerprint density at radius 1 is 0.923 bits per heavy atom. The number of rotatable bonds is 7. The van der Waals surface area contributed by atoms with E-state index in [9.17, 15) is 19.2 Å². The highest BCUT2D eigenvalue weighted by Crippen LogP contribution is 2.69. The zero-order chi connectivity index (χ0) is 28.1. The molecule has 1 atom stereocenters. The number of nitrogens with two attached hydrogens (primary N) is 1. The van der Waals surface area contributed by atoms with Gasteiger partial charge in [0.05, 0.1) is 12.1 Å². The van der Waals surface area contributed by atoms with E-state index in [1.54, 1.807) is 17.0 Å². The summed E-state index contributed by atoms with van der Waals surface area (Å²) in [6.45, 7) is 10.9. The largest absolute Gasteiger partial charge is 0.366 e. The molecule has 0 aromatic heterocycles. The molecule has 206 valence electrons. The molecular formula is C31H38N4O4. The van der Waals surface area contributed by atoms with Gasteiger partial charge >= 0.3 is 0 Å². The van der Waals surface area contributed by atoms with Crippen molar-refractivity contribution in [3.05, 3.63) is 65.7 Å². The third kappa shape index (κ3) is 4.75. The predicted octanol–water partition coefficient (Wildman–Crippen LogP) is 3.59. The predicted molar refractivity (Wildman–Crippen MR) is 148 cm³/mol. The van der Waals surface area contributed by atoms with E-state index in [4.69, 9.17) is 5.73 Å². The fraction of sp³-hybridized carbons (Fsp3) is 0.484. The third-order valence-electron chi connectivity index (χ3n) is 9.59. The third-order valence-corrected chi connectivity index (χ3v) is 9.59. The minimum Gasteiger partial charge on any atom is -0.366 e. The van der Waals surface area contributed by atoms with Gasteiger partial charge in [0.25, 0.3) is 5.91 Å². The maximum Gasteiger partial charge on any atom is 0.257 e. The molecule has 2 heterocycles. The average Bonchev–Trinajstić information content (AvgIpc) is 3.13. The van der Waals surface area contributed by atoms with Gasteiger partial charge in [0.15, 0.2) is 0 Å². The Kier molecular flexibility index (Phi) is 6.87. The highest BCUT2D eigenvalue weighted by molar-refractivity contribution is 6.23. The second-order valence-electron chi connectivity index (χ2n) is 12.3. The van der Waals surface area contributed by atoms with Crippen molar-refractivity contribution in [3.8, 4) is 0 Å². The summed E-state index contributed by atoms with van der Waals surface area (Å²) in [5, 5.41) is 0. The number of benzene rings is 2. The van der Waals surface area contributed by atoms with Crippen LogP contribution in [0.4, 0.5) is 5.69 Å². The van der Waals surface area contributed by atoms with Crippen molar-refractivity contribution >= 4 is 29.3 Å².